The molecule has 1 aliphatic rings. The zero-order valence-corrected chi connectivity index (χ0v) is 15.0. The number of carbonyl (C=O) groups is 2. The summed E-state index contributed by atoms with van der Waals surface area (Å²) in [6, 6.07) is 10.5. The Hall–Kier alpha value is -2.94. The molecule has 1 fully saturated rings. The molecule has 2 aromatic carbocycles. The van der Waals surface area contributed by atoms with Crippen molar-refractivity contribution in [1.82, 2.24) is 5.32 Å². The van der Waals surface area contributed by atoms with E-state index in [0.717, 1.165) is 17.8 Å². The van der Waals surface area contributed by atoms with Crippen molar-refractivity contribution in [2.45, 2.75) is 11.7 Å². The minimum Gasteiger partial charge on any atom is -0.495 e. The molecule has 2 N–H and O–H groups in total. The number of hydrogen-bond donors (Lipinski definition) is 2. The van der Waals surface area contributed by atoms with Gasteiger partial charge in [0.15, 0.2) is 16.8 Å². The quantitative estimate of drug-likeness (QED) is 0.820. The molecule has 2 aromatic rings. The third-order valence-corrected chi connectivity index (χ3v) is 4.76. The maximum Gasteiger partial charge on any atom is 0.240 e. The number of nitrogens with zero attached hydrogens (tertiary/aromatic N) is 1. The van der Waals surface area contributed by atoms with Crippen molar-refractivity contribution in [2.75, 3.05) is 12.4 Å². The highest BCUT2D eigenvalue weighted by molar-refractivity contribution is 8.15. The third kappa shape index (κ3) is 4.43. The summed E-state index contributed by atoms with van der Waals surface area (Å²) in [5.41, 5.74) is 0.265. The maximum atomic E-state index is 13.7. The molecule has 0 aromatic heterocycles. The summed E-state index contributed by atoms with van der Waals surface area (Å²) in [4.78, 5) is 28.2. The van der Waals surface area contributed by atoms with Crippen LogP contribution in [0.2, 0.25) is 0 Å². The lowest BCUT2D eigenvalue weighted by Crippen LogP contribution is -2.28. The Morgan fingerprint density at radius 3 is 2.81 bits per heavy atom. The molecule has 1 aliphatic heterocycles. The van der Waals surface area contributed by atoms with E-state index in [2.05, 4.69) is 15.6 Å². The van der Waals surface area contributed by atoms with E-state index in [0.29, 0.717) is 11.4 Å². The van der Waals surface area contributed by atoms with Crippen molar-refractivity contribution >= 4 is 40.1 Å². The summed E-state index contributed by atoms with van der Waals surface area (Å²) in [7, 11) is 1.49. The predicted octanol–water partition coefficient (Wildman–Crippen LogP) is 3.22. The van der Waals surface area contributed by atoms with Crippen LogP contribution in [0.15, 0.2) is 47.5 Å². The molecule has 1 atom stereocenters. The van der Waals surface area contributed by atoms with Crippen LogP contribution in [0.3, 0.4) is 0 Å². The van der Waals surface area contributed by atoms with Crippen molar-refractivity contribution < 1.29 is 23.1 Å². The fourth-order valence-corrected chi connectivity index (χ4v) is 3.38. The third-order valence-electron chi connectivity index (χ3n) is 3.68. The lowest BCUT2D eigenvalue weighted by molar-refractivity contribution is -0.122. The monoisotopic (exact) mass is 391 g/mol. The Morgan fingerprint density at radius 2 is 2.04 bits per heavy atom. The van der Waals surface area contributed by atoms with Crippen LogP contribution >= 0.6 is 11.8 Å². The molecule has 0 aliphatic carbocycles. The smallest absolute Gasteiger partial charge is 0.240 e. The number of thioether (sulfide) groups is 1. The zero-order chi connectivity index (χ0) is 19.4. The van der Waals surface area contributed by atoms with Gasteiger partial charge >= 0.3 is 0 Å². The summed E-state index contributed by atoms with van der Waals surface area (Å²) in [6.45, 7) is 0. The van der Waals surface area contributed by atoms with Gasteiger partial charge in [-0.1, -0.05) is 30.0 Å². The lowest BCUT2D eigenvalue weighted by Gasteiger charge is -2.10. The maximum absolute atomic E-state index is 13.7. The molecule has 3 rings (SSSR count). The summed E-state index contributed by atoms with van der Waals surface area (Å²) in [5, 5.41) is 4.54. The number of para-hydroxylation sites is 2. The van der Waals surface area contributed by atoms with Crippen molar-refractivity contribution in [3.63, 3.8) is 0 Å². The number of amidine groups is 1. The number of benzene rings is 2. The van der Waals surface area contributed by atoms with Crippen molar-refractivity contribution in [1.29, 1.82) is 0 Å². The van der Waals surface area contributed by atoms with Crippen LogP contribution in [0.4, 0.5) is 20.2 Å². The van der Waals surface area contributed by atoms with E-state index in [9.17, 15) is 18.4 Å². The van der Waals surface area contributed by atoms with Crippen LogP contribution in [0, 0.1) is 11.6 Å². The van der Waals surface area contributed by atoms with Gasteiger partial charge in [0.25, 0.3) is 0 Å². The van der Waals surface area contributed by atoms with Crippen molar-refractivity contribution in [3.05, 3.63) is 54.1 Å². The Balaban J connectivity index is 1.66. The minimum atomic E-state index is -1.10. The highest BCUT2D eigenvalue weighted by Crippen LogP contribution is 2.28. The molecule has 140 valence electrons. The molecule has 27 heavy (non-hydrogen) atoms. The minimum absolute atomic E-state index is 0.111. The molecule has 9 heteroatoms. The number of anilines is 1. The summed E-state index contributed by atoms with van der Waals surface area (Å²) < 4.78 is 32.1. The SMILES string of the molecule is COc1ccccc1NC(=O)CC1SC(=Nc2cccc(F)c2F)NC1=O. The second-order valence-corrected chi connectivity index (χ2v) is 6.73. The van der Waals surface area contributed by atoms with Crippen LogP contribution in [0.5, 0.6) is 5.75 Å². The topological polar surface area (TPSA) is 79.8 Å². The molecule has 1 unspecified atom stereocenters. The molecule has 0 saturated carbocycles. The Labute approximate surface area is 158 Å². The van der Waals surface area contributed by atoms with Crippen LogP contribution in [0.25, 0.3) is 0 Å². The van der Waals surface area contributed by atoms with Gasteiger partial charge in [0.2, 0.25) is 11.8 Å². The molecule has 1 heterocycles. The fourth-order valence-electron chi connectivity index (χ4n) is 2.40. The van der Waals surface area contributed by atoms with Crippen LogP contribution in [-0.2, 0) is 9.59 Å². The number of amides is 2. The van der Waals surface area contributed by atoms with Crippen LogP contribution in [0.1, 0.15) is 6.42 Å². The average Bonchev–Trinajstić information content (AvgIpc) is 2.98. The lowest BCUT2D eigenvalue weighted by atomic mass is 10.2. The van der Waals surface area contributed by atoms with Crippen molar-refractivity contribution in [3.8, 4) is 5.75 Å². The summed E-state index contributed by atoms with van der Waals surface area (Å²) in [6.07, 6.45) is -0.112. The summed E-state index contributed by atoms with van der Waals surface area (Å²) >= 11 is 0.985. The van der Waals surface area contributed by atoms with Gasteiger partial charge in [-0.2, -0.15) is 0 Å². The molecule has 0 spiro atoms. The number of methoxy groups -OCH3 is 1. The largest absolute Gasteiger partial charge is 0.495 e. The normalized spacial score (nSPS) is 17.7. The highest BCUT2D eigenvalue weighted by Gasteiger charge is 2.32. The fraction of sp³-hybridized carbons (Fsp3) is 0.167. The summed E-state index contributed by atoms with van der Waals surface area (Å²) in [5.74, 6) is -2.44. The van der Waals surface area contributed by atoms with Crippen molar-refractivity contribution in [2.24, 2.45) is 4.99 Å². The first-order valence-electron chi connectivity index (χ1n) is 7.91. The van der Waals surface area contributed by atoms with Gasteiger partial charge in [-0.25, -0.2) is 13.8 Å². The predicted molar refractivity (Wildman–Crippen MR) is 99.2 cm³/mol. The first-order chi connectivity index (χ1) is 13.0. The molecule has 2 amide bonds. The molecule has 0 radical (unpaired) electrons. The van der Waals surface area contributed by atoms with E-state index in [-0.39, 0.29) is 23.2 Å². The number of halogens is 2. The van der Waals surface area contributed by atoms with E-state index in [1.54, 1.807) is 24.3 Å². The number of carbonyl (C=O) groups excluding carboxylic acids is 2. The van der Waals surface area contributed by atoms with E-state index >= 15 is 0 Å². The molecule has 0 bridgehead atoms. The standard InChI is InChI=1S/C18H15F2N3O3S/c1-26-13-8-3-2-6-11(13)21-15(24)9-14-17(25)23-18(27-14)22-12-7-4-5-10(19)16(12)20/h2-8,14H,9H2,1H3,(H,21,24)(H,22,23,25). The van der Waals surface area contributed by atoms with E-state index in [1.165, 1.54) is 19.2 Å². The Bertz CT molecular complexity index is 920. The van der Waals surface area contributed by atoms with E-state index < -0.39 is 22.8 Å². The Morgan fingerprint density at radius 1 is 1.26 bits per heavy atom. The number of ether oxygens (including phenoxy) is 1. The number of nitrogens with one attached hydrogen (secondary N) is 2. The first kappa shape index (κ1) is 18.8. The van der Waals surface area contributed by atoms with Gasteiger partial charge in [0.1, 0.15) is 16.7 Å². The molecule has 6 nitrogen and oxygen atoms in total. The van der Waals surface area contributed by atoms with Gasteiger partial charge < -0.3 is 15.4 Å². The van der Waals surface area contributed by atoms with Gasteiger partial charge in [-0.15, -0.1) is 0 Å². The molecule has 1 saturated heterocycles. The first-order valence-corrected chi connectivity index (χ1v) is 8.79. The number of aliphatic imine (C=N–C) groups is 1. The van der Waals surface area contributed by atoms with Gasteiger partial charge in [0, 0.05) is 6.42 Å². The second-order valence-electron chi connectivity index (χ2n) is 5.54. The van der Waals surface area contributed by atoms with Crippen LogP contribution in [-0.4, -0.2) is 29.3 Å². The zero-order valence-electron chi connectivity index (χ0n) is 14.2. The number of rotatable bonds is 5. The van der Waals surface area contributed by atoms with Gasteiger partial charge in [-0.05, 0) is 24.3 Å². The Kier molecular flexibility index (Phi) is 5.70. The van der Waals surface area contributed by atoms with Crippen LogP contribution < -0.4 is 15.4 Å². The molecular formula is C18H15F2N3O3S. The van der Waals surface area contributed by atoms with E-state index in [4.69, 9.17) is 4.74 Å². The van der Waals surface area contributed by atoms with E-state index in [1.807, 2.05) is 0 Å². The second kappa shape index (κ2) is 8.17. The molecular weight excluding hydrogens is 376 g/mol. The highest BCUT2D eigenvalue weighted by atomic mass is 32.2. The van der Waals surface area contributed by atoms with Gasteiger partial charge in [0.05, 0.1) is 12.8 Å². The average molecular weight is 391 g/mol. The van der Waals surface area contributed by atoms with Gasteiger partial charge in [-0.3, -0.25) is 9.59 Å². The number of hydrogen-bond acceptors (Lipinski definition) is 5.